The van der Waals surface area contributed by atoms with Gasteiger partial charge in [-0.25, -0.2) is 17.9 Å². The molecule has 10 nitrogen and oxygen atoms in total. The first kappa shape index (κ1) is 28.7. The molecule has 0 spiro atoms. The van der Waals surface area contributed by atoms with Crippen molar-refractivity contribution in [3.63, 3.8) is 0 Å². The number of rotatable bonds is 9. The maximum atomic E-state index is 13.0. The number of piperidine rings is 1. The van der Waals surface area contributed by atoms with Gasteiger partial charge in [0.05, 0.1) is 16.5 Å². The maximum Gasteiger partial charge on any atom is 0.314 e. The van der Waals surface area contributed by atoms with Crippen LogP contribution in [0.4, 0.5) is 4.79 Å². The molecule has 1 aliphatic heterocycles. The van der Waals surface area contributed by atoms with Crippen molar-refractivity contribution in [2.75, 3.05) is 26.7 Å². The van der Waals surface area contributed by atoms with Crippen molar-refractivity contribution < 1.29 is 22.7 Å². The van der Waals surface area contributed by atoms with Gasteiger partial charge in [-0.1, -0.05) is 11.6 Å². The number of hydrogen-bond acceptors (Lipinski definition) is 6. The molecule has 0 radical (unpaired) electrons. The molecular weight excluding hydrogens is 542 g/mol. The van der Waals surface area contributed by atoms with Crippen LogP contribution in [0.3, 0.4) is 0 Å². The number of sulfonamides is 1. The number of amides is 3. The fraction of sp³-hybridized carbons (Fsp3) is 0.444. The van der Waals surface area contributed by atoms with Crippen LogP contribution in [-0.4, -0.2) is 58.0 Å². The Morgan fingerprint density at radius 1 is 1.15 bits per heavy atom. The number of hydrogen-bond donors (Lipinski definition) is 3. The van der Waals surface area contributed by atoms with Gasteiger partial charge < -0.3 is 20.3 Å². The lowest BCUT2D eigenvalue weighted by Gasteiger charge is -2.32. The average molecular weight is 574 g/mol. The van der Waals surface area contributed by atoms with Crippen LogP contribution >= 0.6 is 11.6 Å². The minimum atomic E-state index is -3.74. The van der Waals surface area contributed by atoms with E-state index in [1.54, 1.807) is 23.1 Å². The van der Waals surface area contributed by atoms with Gasteiger partial charge in [0, 0.05) is 44.2 Å². The smallest absolute Gasteiger partial charge is 0.314 e. The summed E-state index contributed by atoms with van der Waals surface area (Å²) in [6.45, 7) is 1.36. The van der Waals surface area contributed by atoms with Gasteiger partial charge in [-0.05, 0) is 79.6 Å². The second kappa shape index (κ2) is 12.7. The van der Waals surface area contributed by atoms with Crippen molar-refractivity contribution >= 4 is 33.6 Å². The fourth-order valence-corrected chi connectivity index (χ4v) is 6.49. The lowest BCUT2D eigenvalue weighted by atomic mass is 10.0. The monoisotopic (exact) mass is 573 g/mol. The van der Waals surface area contributed by atoms with Crippen molar-refractivity contribution in [2.24, 2.45) is 0 Å². The zero-order chi connectivity index (χ0) is 28.0. The van der Waals surface area contributed by atoms with E-state index in [4.69, 9.17) is 16.3 Å². The van der Waals surface area contributed by atoms with E-state index in [-0.39, 0.29) is 29.0 Å². The summed E-state index contributed by atoms with van der Waals surface area (Å²) < 4.78 is 34.8. The van der Waals surface area contributed by atoms with Crippen LogP contribution in [0.15, 0.2) is 41.3 Å². The molecule has 3 amide bonds. The topological polar surface area (TPSA) is 141 Å². The Morgan fingerprint density at radius 3 is 2.54 bits per heavy atom. The third-order valence-electron chi connectivity index (χ3n) is 7.03. The molecule has 0 unspecified atom stereocenters. The highest BCUT2D eigenvalue weighted by Gasteiger charge is 2.29. The number of likely N-dealkylation sites (tertiary alicyclic amines) is 1. The summed E-state index contributed by atoms with van der Waals surface area (Å²) in [5.74, 6) is 0.532. The Hall–Kier alpha value is -3.33. The zero-order valence-electron chi connectivity index (χ0n) is 21.7. The van der Waals surface area contributed by atoms with Crippen molar-refractivity contribution in [3.05, 3.63) is 58.1 Å². The van der Waals surface area contributed by atoms with E-state index >= 15 is 0 Å². The summed E-state index contributed by atoms with van der Waals surface area (Å²) in [6.07, 6.45) is 3.09. The molecular formula is C27H32ClN5O5S. The molecule has 12 heteroatoms. The van der Waals surface area contributed by atoms with Crippen molar-refractivity contribution in [1.29, 1.82) is 5.26 Å². The van der Waals surface area contributed by atoms with Gasteiger partial charge in [0.1, 0.15) is 11.9 Å². The highest BCUT2D eigenvalue weighted by Crippen LogP contribution is 2.38. The van der Waals surface area contributed by atoms with E-state index in [9.17, 15) is 23.3 Å². The number of ether oxygens (including phenoxy) is 1. The van der Waals surface area contributed by atoms with E-state index in [1.165, 1.54) is 19.2 Å². The predicted octanol–water partition coefficient (Wildman–Crippen LogP) is 3.26. The van der Waals surface area contributed by atoms with E-state index in [1.807, 2.05) is 6.07 Å². The highest BCUT2D eigenvalue weighted by atomic mass is 35.5. The number of carbonyl (C=O) groups excluding carboxylic acids is 2. The van der Waals surface area contributed by atoms with Gasteiger partial charge in [0.2, 0.25) is 15.9 Å². The first-order valence-electron chi connectivity index (χ1n) is 12.9. The second-order valence-electron chi connectivity index (χ2n) is 9.64. The first-order valence-corrected chi connectivity index (χ1v) is 14.8. The van der Waals surface area contributed by atoms with Gasteiger partial charge in [-0.15, -0.1) is 0 Å². The SMILES string of the molecule is CNC(=O)NCCCC(=O)N1CCC(NS(=O)(=O)c2ccc(O[C@@H]3CCc4c(C#N)cc(Cl)cc43)cc2)CC1. The molecule has 0 saturated carbocycles. The second-order valence-corrected chi connectivity index (χ2v) is 11.8. The molecule has 2 aliphatic rings. The van der Waals surface area contributed by atoms with Crippen LogP contribution in [0.5, 0.6) is 5.75 Å². The lowest BCUT2D eigenvalue weighted by molar-refractivity contribution is -0.132. The molecule has 2 aromatic rings. The van der Waals surface area contributed by atoms with Gasteiger partial charge in [0.25, 0.3) is 0 Å². The summed E-state index contributed by atoms with van der Waals surface area (Å²) >= 11 is 6.18. The van der Waals surface area contributed by atoms with E-state index in [2.05, 4.69) is 21.4 Å². The molecule has 1 atom stereocenters. The van der Waals surface area contributed by atoms with Crippen molar-refractivity contribution in [2.45, 2.75) is 55.6 Å². The molecule has 1 saturated heterocycles. The highest BCUT2D eigenvalue weighted by molar-refractivity contribution is 7.89. The Bertz CT molecular complexity index is 1350. The minimum absolute atomic E-state index is 0.00149. The van der Waals surface area contributed by atoms with Crippen LogP contribution < -0.4 is 20.1 Å². The maximum absolute atomic E-state index is 13.0. The van der Waals surface area contributed by atoms with Gasteiger partial charge in [0.15, 0.2) is 0 Å². The van der Waals surface area contributed by atoms with Crippen LogP contribution in [0.2, 0.25) is 5.02 Å². The molecule has 4 rings (SSSR count). The molecule has 2 aromatic carbocycles. The molecule has 1 heterocycles. The summed E-state index contributed by atoms with van der Waals surface area (Å²) in [5.41, 5.74) is 2.39. The Balaban J connectivity index is 1.27. The standard InChI is InChI=1S/C27H32ClN5O5S/c1-30-27(35)31-12-2-3-26(34)33-13-10-20(11-14-33)32-39(36,37)22-6-4-21(5-7-22)38-25-9-8-23-18(17-29)15-19(28)16-24(23)25/h4-7,15-16,20,25,32H,2-3,8-14H2,1H3,(H2,30,31,35)/t25-/m1/s1. The number of urea groups is 1. The van der Waals surface area contributed by atoms with E-state index in [0.29, 0.717) is 68.1 Å². The Labute approximate surface area is 233 Å². The van der Waals surface area contributed by atoms with Gasteiger partial charge in [-0.3, -0.25) is 4.79 Å². The first-order chi connectivity index (χ1) is 18.7. The molecule has 0 bridgehead atoms. The molecule has 3 N–H and O–H groups in total. The number of nitriles is 1. The third-order valence-corrected chi connectivity index (χ3v) is 8.79. The summed E-state index contributed by atoms with van der Waals surface area (Å²) in [6, 6.07) is 11.4. The van der Waals surface area contributed by atoms with E-state index in [0.717, 1.165) is 17.5 Å². The van der Waals surface area contributed by atoms with Crippen LogP contribution in [0.25, 0.3) is 0 Å². The Kier molecular flexibility index (Phi) is 9.32. The van der Waals surface area contributed by atoms with Gasteiger partial charge in [-0.2, -0.15) is 5.26 Å². The number of nitrogens with one attached hydrogen (secondary N) is 3. The molecule has 0 aromatic heterocycles. The number of halogens is 1. The Morgan fingerprint density at radius 2 is 1.87 bits per heavy atom. The van der Waals surface area contributed by atoms with Crippen LogP contribution in [0.1, 0.15) is 54.9 Å². The van der Waals surface area contributed by atoms with Crippen molar-refractivity contribution in [1.82, 2.24) is 20.3 Å². The van der Waals surface area contributed by atoms with E-state index < -0.39 is 10.0 Å². The predicted molar refractivity (Wildman–Crippen MR) is 146 cm³/mol. The third kappa shape index (κ3) is 7.20. The molecule has 1 aliphatic carbocycles. The molecule has 39 heavy (non-hydrogen) atoms. The lowest BCUT2D eigenvalue weighted by Crippen LogP contribution is -2.46. The fourth-order valence-electron chi connectivity index (χ4n) is 4.96. The number of fused-ring (bicyclic) bond motifs is 1. The summed E-state index contributed by atoms with van der Waals surface area (Å²) in [7, 11) is -2.21. The van der Waals surface area contributed by atoms with Crippen LogP contribution in [0, 0.1) is 11.3 Å². The normalized spacial score (nSPS) is 17.3. The summed E-state index contributed by atoms with van der Waals surface area (Å²) in [4.78, 5) is 25.5. The number of benzene rings is 2. The van der Waals surface area contributed by atoms with Gasteiger partial charge >= 0.3 is 6.03 Å². The number of carbonyl (C=O) groups is 2. The summed E-state index contributed by atoms with van der Waals surface area (Å²) in [5, 5.41) is 15.0. The minimum Gasteiger partial charge on any atom is -0.486 e. The average Bonchev–Trinajstić information content (AvgIpc) is 3.33. The molecule has 1 fully saturated rings. The molecule has 208 valence electrons. The van der Waals surface area contributed by atoms with Crippen LogP contribution in [-0.2, 0) is 21.2 Å². The quantitative estimate of drug-likeness (QED) is 0.393. The van der Waals surface area contributed by atoms with Crippen molar-refractivity contribution in [3.8, 4) is 11.8 Å². The largest absolute Gasteiger partial charge is 0.486 e. The zero-order valence-corrected chi connectivity index (χ0v) is 23.3. The number of nitrogens with zero attached hydrogens (tertiary/aromatic N) is 2.